The molecule has 21 heavy (non-hydrogen) atoms. The molecule has 0 aliphatic carbocycles. The Bertz CT molecular complexity index is 448. The van der Waals surface area contributed by atoms with Crippen LogP contribution in [0.4, 0.5) is 10.5 Å². The van der Waals surface area contributed by atoms with E-state index in [1.807, 2.05) is 0 Å². The number of unbranched alkanes of at least 4 members (excludes halogenated alkanes) is 1. The summed E-state index contributed by atoms with van der Waals surface area (Å²) in [5.74, 6) is -0.351. The zero-order chi connectivity index (χ0) is 15.5. The van der Waals surface area contributed by atoms with Crippen LogP contribution in [0.25, 0.3) is 0 Å². The number of carboxylic acid groups (broad SMARTS) is 1. The summed E-state index contributed by atoms with van der Waals surface area (Å²) in [5, 5.41) is 13.6. The molecule has 0 unspecified atom stereocenters. The Morgan fingerprint density at radius 2 is 2.14 bits per heavy atom. The Balaban J connectivity index is 2.27. The number of nitrogens with zero attached hydrogens (tertiary/aromatic N) is 1. The number of ether oxygens (including phenoxy) is 1. The van der Waals surface area contributed by atoms with Crippen molar-refractivity contribution in [2.45, 2.75) is 32.6 Å². The predicted molar refractivity (Wildman–Crippen MR) is 78.5 cm³/mol. The Labute approximate surface area is 123 Å². The molecule has 116 valence electrons. The summed E-state index contributed by atoms with van der Waals surface area (Å²) in [6.07, 6.45) is 3.97. The fourth-order valence-corrected chi connectivity index (χ4v) is 1.48. The highest BCUT2D eigenvalue weighted by Gasteiger charge is 2.03. The molecule has 1 aromatic rings. The molecule has 0 saturated carbocycles. The Morgan fingerprint density at radius 3 is 2.76 bits per heavy atom. The van der Waals surface area contributed by atoms with E-state index in [1.54, 1.807) is 12.1 Å². The Morgan fingerprint density at radius 1 is 1.33 bits per heavy atom. The second-order valence-electron chi connectivity index (χ2n) is 4.47. The average molecular weight is 295 g/mol. The molecule has 1 aromatic heterocycles. The monoisotopic (exact) mass is 295 g/mol. The zero-order valence-electron chi connectivity index (χ0n) is 12.1. The van der Waals surface area contributed by atoms with Gasteiger partial charge in [0.15, 0.2) is 0 Å². The lowest BCUT2D eigenvalue weighted by molar-refractivity contribution is -0.137. The van der Waals surface area contributed by atoms with Gasteiger partial charge in [-0.1, -0.05) is 13.3 Å². The molecular weight excluding hydrogens is 274 g/mol. The van der Waals surface area contributed by atoms with Gasteiger partial charge in [-0.05, 0) is 18.9 Å². The summed E-state index contributed by atoms with van der Waals surface area (Å²) in [4.78, 5) is 25.9. The standard InChI is InChI=1S/C14H21N3O4/c1-2-3-9-21-12-7-6-11(10-16-12)17-14(20)15-8-4-5-13(18)19/h6-7,10H,2-5,8-9H2,1H3,(H,18,19)(H2,15,17,20). The molecular formula is C14H21N3O4. The minimum Gasteiger partial charge on any atom is -0.481 e. The van der Waals surface area contributed by atoms with Crippen LogP contribution in [0.5, 0.6) is 5.88 Å². The van der Waals surface area contributed by atoms with Crippen LogP contribution in [-0.4, -0.2) is 35.2 Å². The largest absolute Gasteiger partial charge is 0.481 e. The van der Waals surface area contributed by atoms with Gasteiger partial charge < -0.3 is 20.5 Å². The van der Waals surface area contributed by atoms with Crippen LogP contribution in [0.3, 0.4) is 0 Å². The van der Waals surface area contributed by atoms with Crippen molar-refractivity contribution >= 4 is 17.7 Å². The first-order chi connectivity index (χ1) is 10.1. The van der Waals surface area contributed by atoms with Gasteiger partial charge in [-0.25, -0.2) is 9.78 Å². The lowest BCUT2D eigenvalue weighted by Crippen LogP contribution is -2.29. The van der Waals surface area contributed by atoms with E-state index in [9.17, 15) is 9.59 Å². The zero-order valence-corrected chi connectivity index (χ0v) is 12.1. The second kappa shape index (κ2) is 9.57. The van der Waals surface area contributed by atoms with Crippen molar-refractivity contribution in [3.05, 3.63) is 18.3 Å². The predicted octanol–water partition coefficient (Wildman–Crippen LogP) is 2.25. The molecule has 0 radical (unpaired) electrons. The first kappa shape index (κ1) is 16.7. The van der Waals surface area contributed by atoms with Gasteiger partial charge in [0, 0.05) is 19.0 Å². The first-order valence-corrected chi connectivity index (χ1v) is 6.97. The first-order valence-electron chi connectivity index (χ1n) is 6.97. The van der Waals surface area contributed by atoms with Gasteiger partial charge >= 0.3 is 12.0 Å². The highest BCUT2D eigenvalue weighted by Crippen LogP contribution is 2.11. The number of carboxylic acids is 1. The van der Waals surface area contributed by atoms with Crippen LogP contribution in [-0.2, 0) is 4.79 Å². The fraction of sp³-hybridized carbons (Fsp3) is 0.500. The number of hydrogen-bond donors (Lipinski definition) is 3. The molecule has 0 aliphatic rings. The van der Waals surface area contributed by atoms with Crippen LogP contribution in [0.15, 0.2) is 18.3 Å². The van der Waals surface area contributed by atoms with Crippen LogP contribution in [0.1, 0.15) is 32.6 Å². The van der Waals surface area contributed by atoms with Crippen molar-refractivity contribution in [3.8, 4) is 5.88 Å². The van der Waals surface area contributed by atoms with E-state index in [4.69, 9.17) is 9.84 Å². The Kier molecular flexibility index (Phi) is 7.63. The van der Waals surface area contributed by atoms with Gasteiger partial charge in [-0.3, -0.25) is 4.79 Å². The number of aliphatic carboxylic acids is 1. The molecule has 0 aliphatic heterocycles. The van der Waals surface area contributed by atoms with Crippen molar-refractivity contribution in [1.29, 1.82) is 0 Å². The third-order valence-electron chi connectivity index (χ3n) is 2.60. The van der Waals surface area contributed by atoms with Gasteiger partial charge in [0.1, 0.15) is 0 Å². The molecule has 0 fully saturated rings. The van der Waals surface area contributed by atoms with E-state index in [0.29, 0.717) is 31.1 Å². The topological polar surface area (TPSA) is 101 Å². The number of hydrogen-bond acceptors (Lipinski definition) is 4. The quantitative estimate of drug-likeness (QED) is 0.607. The molecule has 3 N–H and O–H groups in total. The number of rotatable bonds is 9. The van der Waals surface area contributed by atoms with Crippen molar-refractivity contribution in [2.24, 2.45) is 0 Å². The summed E-state index contributed by atoms with van der Waals surface area (Å²) < 4.78 is 5.41. The summed E-state index contributed by atoms with van der Waals surface area (Å²) in [6.45, 7) is 3.02. The van der Waals surface area contributed by atoms with Gasteiger partial charge in [0.2, 0.25) is 5.88 Å². The summed E-state index contributed by atoms with van der Waals surface area (Å²) in [6, 6.07) is 3.00. The molecule has 0 bridgehead atoms. The number of nitrogens with one attached hydrogen (secondary N) is 2. The smallest absolute Gasteiger partial charge is 0.319 e. The summed E-state index contributed by atoms with van der Waals surface area (Å²) in [7, 11) is 0. The molecule has 7 nitrogen and oxygen atoms in total. The molecule has 0 saturated heterocycles. The van der Waals surface area contributed by atoms with Gasteiger partial charge in [-0.15, -0.1) is 0 Å². The average Bonchev–Trinajstić information content (AvgIpc) is 2.45. The van der Waals surface area contributed by atoms with Gasteiger partial charge in [-0.2, -0.15) is 0 Å². The lowest BCUT2D eigenvalue weighted by atomic mass is 10.3. The van der Waals surface area contributed by atoms with Crippen LogP contribution in [0, 0.1) is 0 Å². The van der Waals surface area contributed by atoms with Crippen molar-refractivity contribution < 1.29 is 19.4 Å². The lowest BCUT2D eigenvalue weighted by Gasteiger charge is -2.08. The minimum atomic E-state index is -0.875. The summed E-state index contributed by atoms with van der Waals surface area (Å²) >= 11 is 0. The molecule has 0 atom stereocenters. The molecule has 0 spiro atoms. The molecule has 1 rings (SSSR count). The van der Waals surface area contributed by atoms with E-state index in [1.165, 1.54) is 6.20 Å². The maximum atomic E-state index is 11.5. The summed E-state index contributed by atoms with van der Waals surface area (Å²) in [5.41, 5.74) is 0.550. The number of carbonyl (C=O) groups is 2. The minimum absolute atomic E-state index is 0.0334. The van der Waals surface area contributed by atoms with E-state index in [-0.39, 0.29) is 12.5 Å². The van der Waals surface area contributed by atoms with Crippen molar-refractivity contribution in [3.63, 3.8) is 0 Å². The number of urea groups is 1. The Hall–Kier alpha value is -2.31. The molecule has 7 heteroatoms. The van der Waals surface area contributed by atoms with E-state index in [0.717, 1.165) is 12.8 Å². The van der Waals surface area contributed by atoms with Crippen LogP contribution in [0.2, 0.25) is 0 Å². The van der Waals surface area contributed by atoms with E-state index in [2.05, 4.69) is 22.5 Å². The van der Waals surface area contributed by atoms with E-state index >= 15 is 0 Å². The van der Waals surface area contributed by atoms with Gasteiger partial charge in [0.25, 0.3) is 0 Å². The second-order valence-corrected chi connectivity index (χ2v) is 4.47. The van der Waals surface area contributed by atoms with Gasteiger partial charge in [0.05, 0.1) is 18.5 Å². The van der Waals surface area contributed by atoms with Crippen molar-refractivity contribution in [1.82, 2.24) is 10.3 Å². The fourth-order valence-electron chi connectivity index (χ4n) is 1.48. The normalized spacial score (nSPS) is 9.95. The highest BCUT2D eigenvalue weighted by molar-refractivity contribution is 5.89. The number of aromatic nitrogens is 1. The highest BCUT2D eigenvalue weighted by atomic mass is 16.5. The molecule has 2 amide bonds. The SMILES string of the molecule is CCCCOc1ccc(NC(=O)NCCCC(=O)O)cn1. The number of anilines is 1. The third-order valence-corrected chi connectivity index (χ3v) is 2.60. The third kappa shape index (κ3) is 7.76. The number of pyridine rings is 1. The van der Waals surface area contributed by atoms with Crippen molar-refractivity contribution in [2.75, 3.05) is 18.5 Å². The molecule has 0 aromatic carbocycles. The number of carbonyl (C=O) groups excluding carboxylic acids is 1. The molecule has 1 heterocycles. The van der Waals surface area contributed by atoms with E-state index < -0.39 is 5.97 Å². The van der Waals surface area contributed by atoms with Crippen LogP contribution < -0.4 is 15.4 Å². The number of amides is 2. The maximum Gasteiger partial charge on any atom is 0.319 e. The maximum absolute atomic E-state index is 11.5. The van der Waals surface area contributed by atoms with Crippen LogP contribution >= 0.6 is 0 Å².